The van der Waals surface area contributed by atoms with Crippen molar-refractivity contribution in [2.24, 2.45) is 10.8 Å². The highest BCUT2D eigenvalue weighted by atomic mass is 32.1. The van der Waals surface area contributed by atoms with Gasteiger partial charge in [0.05, 0.1) is 27.3 Å². The van der Waals surface area contributed by atoms with Crippen LogP contribution in [-0.2, 0) is 14.3 Å². The van der Waals surface area contributed by atoms with Gasteiger partial charge < -0.3 is 10.5 Å². The molecule has 3 N–H and O–H groups in total. The fraction of sp³-hybridized carbons (Fsp3) is 0.556. The van der Waals surface area contributed by atoms with Crippen molar-refractivity contribution >= 4 is 42.9 Å². The molecule has 1 atom stereocenters. The number of allylic oxidation sites excluding steroid dienone is 4. The maximum absolute atomic E-state index is 13.2. The average Bonchev–Trinajstić information content (AvgIpc) is 2.53. The van der Waals surface area contributed by atoms with Crippen LogP contribution >= 0.6 is 12.2 Å². The largest absolute Gasteiger partial charge is 0.469 e. The summed E-state index contributed by atoms with van der Waals surface area (Å²) >= 11 is 4.79. The number of rotatable bonds is 6. The summed E-state index contributed by atoms with van der Waals surface area (Å²) in [6.45, 7) is 11.0. The van der Waals surface area contributed by atoms with E-state index < -0.39 is 8.07 Å². The van der Waals surface area contributed by atoms with Gasteiger partial charge in [0.2, 0.25) is 0 Å². The number of Topliss-reactive ketones (excluding diaryl/α,β-unsaturated/α-hetero) is 1. The Morgan fingerprint density at radius 2 is 2.00 bits per heavy atom. The third-order valence-corrected chi connectivity index (χ3v) is 11.2. The first-order chi connectivity index (χ1) is 11.9. The lowest BCUT2D eigenvalue weighted by Crippen LogP contribution is -2.46. The van der Waals surface area contributed by atoms with Crippen LogP contribution in [-0.4, -0.2) is 37.8 Å². The molecular weight excluding hydrogens is 366 g/mol. The smallest absolute Gasteiger partial charge is 0.305 e. The Hall–Kier alpha value is -1.80. The predicted molar refractivity (Wildman–Crippen MR) is 112 cm³/mol. The van der Waals surface area contributed by atoms with Gasteiger partial charge in [0.25, 0.3) is 0 Å². The van der Waals surface area contributed by atoms with Gasteiger partial charge >= 0.3 is 5.97 Å². The first kappa shape index (κ1) is 22.2. The zero-order valence-corrected chi connectivity index (χ0v) is 18.2. The van der Waals surface area contributed by atoms with Crippen LogP contribution in [0.3, 0.4) is 0 Å². The minimum Gasteiger partial charge on any atom is -0.469 e. The van der Waals surface area contributed by atoms with Crippen molar-refractivity contribution in [3.63, 3.8) is 0 Å². The number of methoxy groups -OCH3 is 1. The Labute approximate surface area is 161 Å². The van der Waals surface area contributed by atoms with Crippen LogP contribution in [0.15, 0.2) is 28.9 Å². The second kappa shape index (κ2) is 8.72. The number of nitrogens with zero attached hydrogens (tertiary/aromatic N) is 1. The molecule has 0 saturated heterocycles. The van der Waals surface area contributed by atoms with Crippen LogP contribution in [0.25, 0.3) is 0 Å². The molecule has 0 aliphatic heterocycles. The lowest BCUT2D eigenvalue weighted by Gasteiger charge is -2.42. The molecule has 0 aromatic heterocycles. The number of hydrogen-bond donors (Lipinski definition) is 2. The van der Waals surface area contributed by atoms with E-state index >= 15 is 0 Å². The number of hydrogen-bond acceptors (Lipinski definition) is 5. The normalized spacial score (nSPS) is 18.4. The van der Waals surface area contributed by atoms with E-state index in [9.17, 15) is 9.59 Å². The molecule has 6 nitrogen and oxygen atoms in total. The van der Waals surface area contributed by atoms with Crippen molar-refractivity contribution in [1.29, 1.82) is 0 Å². The lowest BCUT2D eigenvalue weighted by molar-refractivity contribution is -0.140. The van der Waals surface area contributed by atoms with Crippen LogP contribution in [0.2, 0.25) is 23.7 Å². The molecule has 0 fully saturated rings. The molecule has 0 bridgehead atoms. The predicted octanol–water partition coefficient (Wildman–Crippen LogP) is 3.07. The molecule has 0 amide bonds. The fourth-order valence-electron chi connectivity index (χ4n) is 2.57. The SMILES string of the molecule is COC(=O)CCC(=NNC(N)=S)C1=CC=CC([Si](C)(C)C(C)(C)C)C1=O. The molecular formula is C18H29N3O3SSi. The minimum atomic E-state index is -1.95. The van der Waals surface area contributed by atoms with E-state index in [0.717, 1.165) is 0 Å². The summed E-state index contributed by atoms with van der Waals surface area (Å²) < 4.78 is 4.68. The van der Waals surface area contributed by atoms with E-state index in [1.165, 1.54) is 7.11 Å². The molecule has 1 aliphatic carbocycles. The Morgan fingerprint density at radius 1 is 1.38 bits per heavy atom. The maximum atomic E-state index is 13.2. The van der Waals surface area contributed by atoms with Gasteiger partial charge in [-0.2, -0.15) is 5.10 Å². The molecule has 0 spiro atoms. The summed E-state index contributed by atoms with van der Waals surface area (Å²) in [5.41, 5.74) is 8.78. The standard InChI is InChI=1S/C18H29N3O3SSi/c1-18(2,3)26(5,6)14-9-7-8-12(16(14)23)13(20-21-17(19)25)10-11-15(22)24-4/h7-9,14H,10-11H2,1-6H3,(H3,19,21,25). The van der Waals surface area contributed by atoms with Gasteiger partial charge in [-0.25, -0.2) is 0 Å². The molecule has 144 valence electrons. The molecule has 0 saturated carbocycles. The third-order valence-electron chi connectivity index (χ3n) is 5.23. The molecule has 1 rings (SSSR count). The number of carbonyl (C=O) groups excluding carboxylic acids is 2. The number of hydrazone groups is 1. The van der Waals surface area contributed by atoms with E-state index in [2.05, 4.69) is 49.1 Å². The number of ether oxygens (including phenoxy) is 1. The molecule has 1 aliphatic rings. The quantitative estimate of drug-likeness (QED) is 0.236. The summed E-state index contributed by atoms with van der Waals surface area (Å²) in [6, 6.07) is 0. The summed E-state index contributed by atoms with van der Waals surface area (Å²) in [6.07, 6.45) is 6.01. The Morgan fingerprint density at radius 3 is 2.50 bits per heavy atom. The van der Waals surface area contributed by atoms with Gasteiger partial charge in [0, 0.05) is 17.5 Å². The third kappa shape index (κ3) is 5.34. The topological polar surface area (TPSA) is 93.8 Å². The van der Waals surface area contributed by atoms with Gasteiger partial charge in [-0.05, 0) is 23.3 Å². The second-order valence-corrected chi connectivity index (χ2v) is 13.9. The van der Waals surface area contributed by atoms with Gasteiger partial charge in [0.1, 0.15) is 0 Å². The van der Waals surface area contributed by atoms with Crippen molar-refractivity contribution in [3.8, 4) is 0 Å². The first-order valence-electron chi connectivity index (χ1n) is 8.53. The number of nitrogens with one attached hydrogen (secondary N) is 1. The molecule has 8 heteroatoms. The van der Waals surface area contributed by atoms with Crippen molar-refractivity contribution in [3.05, 3.63) is 23.8 Å². The van der Waals surface area contributed by atoms with E-state index in [-0.39, 0.29) is 40.3 Å². The number of carbonyl (C=O) groups is 2. The molecule has 1 unspecified atom stereocenters. The average molecular weight is 396 g/mol. The number of ketones is 1. The molecule has 0 heterocycles. The monoisotopic (exact) mass is 395 g/mol. The van der Waals surface area contributed by atoms with Crippen LogP contribution in [0.5, 0.6) is 0 Å². The van der Waals surface area contributed by atoms with Crippen molar-refractivity contribution in [2.75, 3.05) is 7.11 Å². The number of nitrogens with two attached hydrogens (primary N) is 1. The van der Waals surface area contributed by atoms with Crippen molar-refractivity contribution in [1.82, 2.24) is 5.43 Å². The highest BCUT2D eigenvalue weighted by Gasteiger charge is 2.45. The summed E-state index contributed by atoms with van der Waals surface area (Å²) in [7, 11) is -0.619. The van der Waals surface area contributed by atoms with Gasteiger partial charge in [0.15, 0.2) is 10.9 Å². The highest BCUT2D eigenvalue weighted by molar-refractivity contribution is 7.80. The summed E-state index contributed by atoms with van der Waals surface area (Å²) in [5.74, 6) is -0.333. The van der Waals surface area contributed by atoms with Gasteiger partial charge in [-0.3, -0.25) is 15.0 Å². The van der Waals surface area contributed by atoms with Crippen molar-refractivity contribution < 1.29 is 14.3 Å². The lowest BCUT2D eigenvalue weighted by atomic mass is 9.96. The van der Waals surface area contributed by atoms with Gasteiger partial charge in [-0.1, -0.05) is 46.0 Å². The Bertz CT molecular complexity index is 676. The summed E-state index contributed by atoms with van der Waals surface area (Å²) in [4.78, 5) is 24.8. The van der Waals surface area contributed by atoms with E-state index in [0.29, 0.717) is 11.3 Å². The number of thiocarbonyl (C=S) groups is 1. The zero-order chi connectivity index (χ0) is 20.1. The number of esters is 1. The maximum Gasteiger partial charge on any atom is 0.305 e. The van der Waals surface area contributed by atoms with Crippen LogP contribution in [0.4, 0.5) is 0 Å². The Balaban J connectivity index is 3.18. The first-order valence-corrected chi connectivity index (χ1v) is 12.0. The summed E-state index contributed by atoms with van der Waals surface area (Å²) in [5, 5.41) is 4.22. The van der Waals surface area contributed by atoms with E-state index in [1.807, 2.05) is 12.2 Å². The zero-order valence-electron chi connectivity index (χ0n) is 16.4. The Kier molecular flexibility index (Phi) is 7.46. The van der Waals surface area contributed by atoms with E-state index in [1.54, 1.807) is 6.08 Å². The minimum absolute atomic E-state index is 0.000847. The van der Waals surface area contributed by atoms with Gasteiger partial charge in [-0.15, -0.1) is 0 Å². The van der Waals surface area contributed by atoms with Crippen molar-refractivity contribution in [2.45, 2.75) is 57.3 Å². The van der Waals surface area contributed by atoms with Crippen LogP contribution in [0.1, 0.15) is 33.6 Å². The molecule has 0 aromatic rings. The fourth-order valence-corrected chi connectivity index (χ4v) is 4.95. The van der Waals surface area contributed by atoms with Crippen LogP contribution < -0.4 is 11.2 Å². The molecule has 26 heavy (non-hydrogen) atoms. The molecule has 0 radical (unpaired) electrons. The molecule has 0 aromatic carbocycles. The van der Waals surface area contributed by atoms with E-state index in [4.69, 9.17) is 18.0 Å². The van der Waals surface area contributed by atoms with Crippen LogP contribution in [0, 0.1) is 0 Å². The highest BCUT2D eigenvalue weighted by Crippen LogP contribution is 2.46. The second-order valence-electron chi connectivity index (χ2n) is 7.89.